The van der Waals surface area contributed by atoms with Gasteiger partial charge in [-0.05, 0) is 55.4 Å². The minimum atomic E-state index is -0.890. The molecule has 0 saturated carbocycles. The molecule has 2 rings (SSSR count). The van der Waals surface area contributed by atoms with Crippen LogP contribution in [-0.4, -0.2) is 54.6 Å². The monoisotopic (exact) mass is 373 g/mol. The van der Waals surface area contributed by atoms with Crippen LogP contribution in [0.5, 0.6) is 0 Å². The Bertz CT molecular complexity index is 547. The average Bonchev–Trinajstić information content (AvgIpc) is 2.88. The topological polar surface area (TPSA) is 92.3 Å². The summed E-state index contributed by atoms with van der Waals surface area (Å²) < 4.78 is 28.3. The van der Waals surface area contributed by atoms with Crippen molar-refractivity contribution in [2.45, 2.75) is 91.4 Å². The van der Waals surface area contributed by atoms with Gasteiger partial charge in [-0.25, -0.2) is 4.79 Å². The normalized spacial score (nSPS) is 30.6. The molecule has 0 aromatic rings. The van der Waals surface area contributed by atoms with Crippen LogP contribution in [0.25, 0.3) is 0 Å². The minimum Gasteiger partial charge on any atom is -0.444 e. The van der Waals surface area contributed by atoms with E-state index in [4.69, 9.17) is 23.7 Å². The predicted octanol–water partition coefficient (Wildman–Crippen LogP) is 2.35. The molecule has 2 saturated heterocycles. The van der Waals surface area contributed by atoms with Gasteiger partial charge >= 0.3 is 12.1 Å². The summed E-state index contributed by atoms with van der Waals surface area (Å²) in [5.74, 6) is -1.22. The summed E-state index contributed by atoms with van der Waals surface area (Å²) in [5.41, 5.74) is -1.26. The third-order valence-electron chi connectivity index (χ3n) is 3.79. The molecule has 2 aliphatic rings. The van der Waals surface area contributed by atoms with Gasteiger partial charge in [0.2, 0.25) is 6.29 Å². The number of carbonyl (C=O) groups excluding carboxylic acids is 2. The molecular formula is C18H31NO7. The van der Waals surface area contributed by atoms with E-state index in [0.717, 1.165) is 0 Å². The second-order valence-corrected chi connectivity index (χ2v) is 9.15. The molecular weight excluding hydrogens is 342 g/mol. The van der Waals surface area contributed by atoms with E-state index < -0.39 is 53.5 Å². The number of alkyl carbamates (subject to hydrolysis) is 1. The lowest BCUT2D eigenvalue weighted by Gasteiger charge is -2.26. The number of ether oxygens (including phenoxy) is 5. The molecule has 2 fully saturated rings. The number of nitrogens with one attached hydrogen (secondary N) is 1. The molecule has 150 valence electrons. The van der Waals surface area contributed by atoms with E-state index in [1.165, 1.54) is 0 Å². The van der Waals surface area contributed by atoms with Crippen LogP contribution >= 0.6 is 0 Å². The van der Waals surface area contributed by atoms with E-state index in [2.05, 4.69) is 5.32 Å². The van der Waals surface area contributed by atoms with Crippen LogP contribution in [0.1, 0.15) is 55.4 Å². The molecule has 0 aromatic heterocycles. The highest BCUT2D eigenvalue weighted by Gasteiger charge is 2.57. The quantitative estimate of drug-likeness (QED) is 0.759. The Kier molecular flexibility index (Phi) is 5.62. The fourth-order valence-electron chi connectivity index (χ4n) is 2.68. The number of esters is 1. The van der Waals surface area contributed by atoms with Crippen LogP contribution in [-0.2, 0) is 28.5 Å². The molecule has 1 amide bonds. The zero-order valence-electron chi connectivity index (χ0n) is 16.9. The summed E-state index contributed by atoms with van der Waals surface area (Å²) in [7, 11) is 0. The molecule has 8 nitrogen and oxygen atoms in total. The lowest BCUT2D eigenvalue weighted by atomic mass is 9.97. The van der Waals surface area contributed by atoms with E-state index in [1.54, 1.807) is 55.4 Å². The lowest BCUT2D eigenvalue weighted by molar-refractivity contribution is -0.234. The van der Waals surface area contributed by atoms with Gasteiger partial charge in [0.15, 0.2) is 11.9 Å². The summed E-state index contributed by atoms with van der Waals surface area (Å²) in [6.45, 7) is 14.4. The summed E-state index contributed by atoms with van der Waals surface area (Å²) >= 11 is 0. The Morgan fingerprint density at radius 3 is 2.15 bits per heavy atom. The summed E-state index contributed by atoms with van der Waals surface area (Å²) in [6, 6.07) is 0. The van der Waals surface area contributed by atoms with E-state index in [0.29, 0.717) is 0 Å². The molecule has 0 aromatic carbocycles. The zero-order valence-corrected chi connectivity index (χ0v) is 16.9. The standard InChI is InChI=1S/C18H31NO7/c1-16(2,3)14(20)23-13-12-11(24-18(7,8)25-12)10(22-13)9-19-15(21)26-17(4,5)6/h10-13H,9H2,1-8H3,(H,19,21)/t10-,11-,12-,13-/m1/s1. The first-order valence-corrected chi connectivity index (χ1v) is 8.87. The number of hydrogen-bond donors (Lipinski definition) is 1. The third kappa shape index (κ3) is 5.31. The number of hydrogen-bond acceptors (Lipinski definition) is 7. The van der Waals surface area contributed by atoms with E-state index in [9.17, 15) is 9.59 Å². The lowest BCUT2D eigenvalue weighted by Crippen LogP contribution is -2.41. The fourth-order valence-corrected chi connectivity index (χ4v) is 2.68. The SMILES string of the molecule is CC(C)(C)OC(=O)NC[C@H]1O[C@H](OC(=O)C(C)(C)C)[C@@H]2OC(C)(C)O[C@@H]21. The Hall–Kier alpha value is -1.38. The number of carbonyl (C=O) groups is 2. The fraction of sp³-hybridized carbons (Fsp3) is 0.889. The first kappa shape index (κ1) is 20.9. The van der Waals surface area contributed by atoms with Gasteiger partial charge < -0.3 is 29.0 Å². The maximum Gasteiger partial charge on any atom is 0.407 e. The number of rotatable bonds is 3. The smallest absolute Gasteiger partial charge is 0.407 e. The van der Waals surface area contributed by atoms with Crippen LogP contribution in [0, 0.1) is 5.41 Å². The van der Waals surface area contributed by atoms with Crippen molar-refractivity contribution in [2.24, 2.45) is 5.41 Å². The minimum absolute atomic E-state index is 0.152. The van der Waals surface area contributed by atoms with Crippen LogP contribution in [0.4, 0.5) is 4.79 Å². The molecule has 26 heavy (non-hydrogen) atoms. The highest BCUT2D eigenvalue weighted by Crippen LogP contribution is 2.39. The molecule has 2 heterocycles. The average molecular weight is 373 g/mol. The molecule has 8 heteroatoms. The molecule has 2 aliphatic heterocycles. The largest absolute Gasteiger partial charge is 0.444 e. The van der Waals surface area contributed by atoms with Gasteiger partial charge in [0, 0.05) is 6.54 Å². The van der Waals surface area contributed by atoms with Gasteiger partial charge in [0.1, 0.15) is 17.8 Å². The van der Waals surface area contributed by atoms with Crippen molar-refractivity contribution in [1.29, 1.82) is 0 Å². The van der Waals surface area contributed by atoms with Crippen molar-refractivity contribution in [1.82, 2.24) is 5.32 Å². The number of fused-ring (bicyclic) bond motifs is 1. The van der Waals surface area contributed by atoms with Gasteiger partial charge in [-0.15, -0.1) is 0 Å². The van der Waals surface area contributed by atoms with Crippen molar-refractivity contribution in [3.8, 4) is 0 Å². The van der Waals surface area contributed by atoms with Crippen molar-refractivity contribution in [3.63, 3.8) is 0 Å². The van der Waals surface area contributed by atoms with E-state index in [-0.39, 0.29) is 6.54 Å². The molecule has 1 N–H and O–H groups in total. The third-order valence-corrected chi connectivity index (χ3v) is 3.79. The Morgan fingerprint density at radius 1 is 1.04 bits per heavy atom. The Morgan fingerprint density at radius 2 is 1.62 bits per heavy atom. The summed E-state index contributed by atoms with van der Waals surface area (Å²) in [6.07, 6.45) is -2.98. The summed E-state index contributed by atoms with van der Waals surface area (Å²) in [5, 5.41) is 2.66. The van der Waals surface area contributed by atoms with Crippen molar-refractivity contribution in [3.05, 3.63) is 0 Å². The highest BCUT2D eigenvalue weighted by molar-refractivity contribution is 5.75. The first-order valence-electron chi connectivity index (χ1n) is 8.87. The van der Waals surface area contributed by atoms with Crippen molar-refractivity contribution >= 4 is 12.1 Å². The van der Waals surface area contributed by atoms with Crippen molar-refractivity contribution < 1.29 is 33.3 Å². The van der Waals surface area contributed by atoms with Gasteiger partial charge in [-0.3, -0.25) is 4.79 Å². The molecule has 0 aliphatic carbocycles. The maximum absolute atomic E-state index is 12.2. The van der Waals surface area contributed by atoms with Crippen LogP contribution < -0.4 is 5.32 Å². The Labute approximate surface area is 154 Å². The van der Waals surface area contributed by atoms with E-state index >= 15 is 0 Å². The van der Waals surface area contributed by atoms with Gasteiger partial charge in [-0.2, -0.15) is 0 Å². The van der Waals surface area contributed by atoms with Gasteiger partial charge in [0.25, 0.3) is 0 Å². The van der Waals surface area contributed by atoms with E-state index in [1.807, 2.05) is 0 Å². The molecule has 0 bridgehead atoms. The molecule has 0 spiro atoms. The molecule has 0 radical (unpaired) electrons. The van der Waals surface area contributed by atoms with Crippen LogP contribution in [0.2, 0.25) is 0 Å². The van der Waals surface area contributed by atoms with Crippen molar-refractivity contribution in [2.75, 3.05) is 6.54 Å². The highest BCUT2D eigenvalue weighted by atomic mass is 16.8. The first-order chi connectivity index (χ1) is 11.7. The molecule has 0 unspecified atom stereocenters. The molecule has 4 atom stereocenters. The summed E-state index contributed by atoms with van der Waals surface area (Å²) in [4.78, 5) is 24.1. The second kappa shape index (κ2) is 6.98. The predicted molar refractivity (Wildman–Crippen MR) is 92.3 cm³/mol. The van der Waals surface area contributed by atoms with Crippen LogP contribution in [0.3, 0.4) is 0 Å². The van der Waals surface area contributed by atoms with Gasteiger partial charge in [0.05, 0.1) is 5.41 Å². The van der Waals surface area contributed by atoms with Crippen LogP contribution in [0.15, 0.2) is 0 Å². The second-order valence-electron chi connectivity index (χ2n) is 9.15. The zero-order chi connectivity index (χ0) is 19.9. The number of amides is 1. The maximum atomic E-state index is 12.2. The Balaban J connectivity index is 2.01. The van der Waals surface area contributed by atoms with Gasteiger partial charge in [-0.1, -0.05) is 0 Å².